The molecule has 0 aliphatic carbocycles. The summed E-state index contributed by atoms with van der Waals surface area (Å²) < 4.78 is 7.77. The quantitative estimate of drug-likeness (QED) is 0.556. The molecule has 28 heavy (non-hydrogen) atoms. The zero-order valence-electron chi connectivity index (χ0n) is 15.5. The van der Waals surface area contributed by atoms with Crippen LogP contribution in [0.4, 0.5) is 11.5 Å². The average Bonchev–Trinajstić information content (AvgIpc) is 3.14. The predicted molar refractivity (Wildman–Crippen MR) is 107 cm³/mol. The number of anilines is 2. The molecule has 0 saturated heterocycles. The Kier molecular flexibility index (Phi) is 4.44. The number of methoxy groups -OCH3 is 1. The molecular weight excluding hydrogens is 358 g/mol. The molecule has 0 amide bonds. The van der Waals surface area contributed by atoms with E-state index in [0.717, 1.165) is 21.6 Å². The zero-order chi connectivity index (χ0) is 19.7. The van der Waals surface area contributed by atoms with Crippen LogP contribution >= 0.6 is 0 Å². The summed E-state index contributed by atoms with van der Waals surface area (Å²) in [6.07, 6.45) is 0. The van der Waals surface area contributed by atoms with Gasteiger partial charge in [-0.05, 0) is 29.8 Å². The van der Waals surface area contributed by atoms with Crippen LogP contribution in [-0.4, -0.2) is 26.4 Å². The van der Waals surface area contributed by atoms with Crippen molar-refractivity contribution in [3.8, 4) is 5.75 Å². The Morgan fingerprint density at radius 3 is 2.46 bits per heavy atom. The summed E-state index contributed by atoms with van der Waals surface area (Å²) in [5.74, 6) is 1.11. The van der Waals surface area contributed by atoms with Gasteiger partial charge >= 0.3 is 5.69 Å². The molecule has 8 heteroatoms. The highest BCUT2D eigenvalue weighted by molar-refractivity contribution is 5.88. The van der Waals surface area contributed by atoms with E-state index in [1.54, 1.807) is 7.11 Å². The van der Waals surface area contributed by atoms with Crippen molar-refractivity contribution in [3.05, 3.63) is 81.0 Å². The Balaban J connectivity index is 1.82. The van der Waals surface area contributed by atoms with Gasteiger partial charge in [0.05, 0.1) is 13.7 Å². The van der Waals surface area contributed by atoms with E-state index in [2.05, 4.69) is 15.5 Å². The molecule has 0 aliphatic rings. The van der Waals surface area contributed by atoms with Gasteiger partial charge in [0.15, 0.2) is 5.82 Å². The summed E-state index contributed by atoms with van der Waals surface area (Å²) in [5.41, 5.74) is 1.25. The summed E-state index contributed by atoms with van der Waals surface area (Å²) in [6.45, 7) is 0.292. The van der Waals surface area contributed by atoms with Crippen molar-refractivity contribution in [2.75, 3.05) is 12.4 Å². The van der Waals surface area contributed by atoms with E-state index in [4.69, 9.17) is 4.74 Å². The van der Waals surface area contributed by atoms with E-state index in [9.17, 15) is 9.59 Å². The highest BCUT2D eigenvalue weighted by atomic mass is 16.5. The number of nitrogens with one attached hydrogen (secondary N) is 2. The topological polar surface area (TPSA) is 93.9 Å². The molecule has 0 atom stereocenters. The van der Waals surface area contributed by atoms with Gasteiger partial charge in [-0.3, -0.25) is 19.0 Å². The number of fused-ring (bicyclic) bond motifs is 1. The maximum atomic E-state index is 12.7. The Hall–Kier alpha value is -3.81. The Morgan fingerprint density at radius 2 is 1.79 bits per heavy atom. The number of hydrogen-bond acceptors (Lipinski definition) is 5. The number of hydrogen-bond donors (Lipinski definition) is 2. The number of nitrogens with zero attached hydrogens (tertiary/aromatic N) is 3. The first-order valence-electron chi connectivity index (χ1n) is 8.71. The number of ether oxygens (including phenoxy) is 1. The van der Waals surface area contributed by atoms with Crippen LogP contribution in [0.5, 0.6) is 5.75 Å². The number of aromatic amines is 1. The van der Waals surface area contributed by atoms with Crippen molar-refractivity contribution in [1.29, 1.82) is 0 Å². The molecule has 8 nitrogen and oxygen atoms in total. The maximum Gasteiger partial charge on any atom is 0.332 e. The molecule has 2 heterocycles. The molecule has 0 saturated carbocycles. The number of H-pyrrole nitrogens is 1. The van der Waals surface area contributed by atoms with Crippen molar-refractivity contribution in [2.45, 2.75) is 6.54 Å². The summed E-state index contributed by atoms with van der Waals surface area (Å²) >= 11 is 0. The number of para-hydroxylation sites is 1. The predicted octanol–water partition coefficient (Wildman–Crippen LogP) is 2.22. The fourth-order valence-electron chi connectivity index (χ4n) is 3.07. The van der Waals surface area contributed by atoms with E-state index >= 15 is 0 Å². The van der Waals surface area contributed by atoms with Crippen LogP contribution < -0.4 is 21.3 Å². The summed E-state index contributed by atoms with van der Waals surface area (Å²) in [6, 6.07) is 16.8. The van der Waals surface area contributed by atoms with Crippen LogP contribution in [0.15, 0.2) is 64.2 Å². The smallest absolute Gasteiger partial charge is 0.332 e. The van der Waals surface area contributed by atoms with E-state index < -0.39 is 11.2 Å². The lowest BCUT2D eigenvalue weighted by molar-refractivity contribution is 0.414. The van der Waals surface area contributed by atoms with Gasteiger partial charge in [0, 0.05) is 12.7 Å². The van der Waals surface area contributed by atoms with Crippen LogP contribution in [0.25, 0.3) is 11.0 Å². The maximum absolute atomic E-state index is 12.7. The van der Waals surface area contributed by atoms with Crippen LogP contribution in [0.2, 0.25) is 0 Å². The molecule has 0 spiro atoms. The lowest BCUT2D eigenvalue weighted by Crippen LogP contribution is -2.38. The highest BCUT2D eigenvalue weighted by Gasteiger charge is 2.18. The normalized spacial score (nSPS) is 10.9. The molecule has 0 unspecified atom stereocenters. The molecule has 142 valence electrons. The van der Waals surface area contributed by atoms with E-state index in [0.29, 0.717) is 23.4 Å². The lowest BCUT2D eigenvalue weighted by atomic mass is 10.2. The summed E-state index contributed by atoms with van der Waals surface area (Å²) in [5, 5.41) is 10.5. The van der Waals surface area contributed by atoms with Crippen LogP contribution in [0.1, 0.15) is 5.56 Å². The third-order valence-electron chi connectivity index (χ3n) is 4.59. The number of aromatic nitrogens is 4. The minimum Gasteiger partial charge on any atom is -0.497 e. The summed E-state index contributed by atoms with van der Waals surface area (Å²) in [7, 11) is 3.07. The third-order valence-corrected chi connectivity index (χ3v) is 4.59. The molecule has 2 N–H and O–H groups in total. The van der Waals surface area contributed by atoms with E-state index in [1.165, 1.54) is 11.6 Å². The Morgan fingerprint density at radius 1 is 1.07 bits per heavy atom. The van der Waals surface area contributed by atoms with Crippen molar-refractivity contribution < 1.29 is 4.74 Å². The van der Waals surface area contributed by atoms with Gasteiger partial charge in [-0.15, -0.1) is 0 Å². The largest absolute Gasteiger partial charge is 0.497 e. The van der Waals surface area contributed by atoms with Gasteiger partial charge in [0.2, 0.25) is 0 Å². The number of rotatable bonds is 5. The van der Waals surface area contributed by atoms with Gasteiger partial charge in [-0.1, -0.05) is 30.3 Å². The minimum absolute atomic E-state index is 0.292. The zero-order valence-corrected chi connectivity index (χ0v) is 15.5. The van der Waals surface area contributed by atoms with Gasteiger partial charge in [-0.25, -0.2) is 4.79 Å². The SMILES string of the molecule is COc1ccc(Cn2c(=O)n(C)c(=O)c3c(Nc4ccccc4)n[nH]c32)cc1. The summed E-state index contributed by atoms with van der Waals surface area (Å²) in [4.78, 5) is 25.5. The molecule has 0 bridgehead atoms. The molecule has 0 radical (unpaired) electrons. The Labute approximate surface area is 160 Å². The first-order valence-corrected chi connectivity index (χ1v) is 8.71. The Bertz CT molecular complexity index is 1240. The highest BCUT2D eigenvalue weighted by Crippen LogP contribution is 2.21. The van der Waals surface area contributed by atoms with Crippen LogP contribution in [0.3, 0.4) is 0 Å². The first kappa shape index (κ1) is 17.6. The third kappa shape index (κ3) is 3.05. The van der Waals surface area contributed by atoms with Gasteiger partial charge in [0.25, 0.3) is 5.56 Å². The van der Waals surface area contributed by atoms with Gasteiger partial charge < -0.3 is 10.1 Å². The van der Waals surface area contributed by atoms with Crippen molar-refractivity contribution in [1.82, 2.24) is 19.3 Å². The molecule has 0 fully saturated rings. The van der Waals surface area contributed by atoms with E-state index in [-0.39, 0.29) is 0 Å². The molecule has 2 aromatic heterocycles. The van der Waals surface area contributed by atoms with Crippen LogP contribution in [-0.2, 0) is 13.6 Å². The molecule has 2 aromatic carbocycles. The molecule has 4 aromatic rings. The number of benzene rings is 2. The van der Waals surface area contributed by atoms with Gasteiger partial charge in [-0.2, -0.15) is 5.10 Å². The van der Waals surface area contributed by atoms with Crippen molar-refractivity contribution >= 4 is 22.5 Å². The van der Waals surface area contributed by atoms with E-state index in [1.807, 2.05) is 54.6 Å². The fraction of sp³-hybridized carbons (Fsp3) is 0.150. The van der Waals surface area contributed by atoms with Crippen LogP contribution in [0, 0.1) is 0 Å². The molecular formula is C20H19N5O3. The lowest BCUT2D eigenvalue weighted by Gasteiger charge is -2.10. The molecule has 4 rings (SSSR count). The van der Waals surface area contributed by atoms with Crippen molar-refractivity contribution in [2.24, 2.45) is 7.05 Å². The second-order valence-electron chi connectivity index (χ2n) is 6.37. The first-order chi connectivity index (χ1) is 13.6. The minimum atomic E-state index is -0.414. The van der Waals surface area contributed by atoms with Crippen molar-refractivity contribution in [3.63, 3.8) is 0 Å². The van der Waals surface area contributed by atoms with Gasteiger partial charge in [0.1, 0.15) is 16.8 Å². The second-order valence-corrected chi connectivity index (χ2v) is 6.37. The fourth-order valence-corrected chi connectivity index (χ4v) is 3.07. The standard InChI is InChI=1S/C20H19N5O3/c1-24-19(26)16-17(21-14-6-4-3-5-7-14)22-23-18(16)25(20(24)27)12-13-8-10-15(28-2)11-9-13/h3-11H,12H2,1-2H3,(H2,21,22,23). The average molecular weight is 377 g/mol. The second kappa shape index (κ2) is 7.07. The monoisotopic (exact) mass is 377 g/mol. The molecule has 0 aliphatic heterocycles.